The Balaban J connectivity index is 1.80. The van der Waals surface area contributed by atoms with Gasteiger partial charge in [-0.25, -0.2) is 9.97 Å². The molecule has 0 amide bonds. The fraction of sp³-hybridized carbons (Fsp3) is 0.448. The Hall–Kier alpha value is -3.08. The molecule has 2 aromatic carbocycles. The van der Waals surface area contributed by atoms with Crippen LogP contribution in [0.25, 0.3) is 27.6 Å². The van der Waals surface area contributed by atoms with Crippen LogP contribution in [0.5, 0.6) is 0 Å². The average molecular weight is 456 g/mol. The van der Waals surface area contributed by atoms with Gasteiger partial charge in [0, 0.05) is 23.7 Å². The molecule has 0 saturated heterocycles. The van der Waals surface area contributed by atoms with Crippen LogP contribution >= 0.6 is 0 Å². The molecule has 2 heterocycles. The second-order valence-electron chi connectivity index (χ2n) is 10.1. The number of anilines is 2. The zero-order valence-electron chi connectivity index (χ0n) is 21.4. The van der Waals surface area contributed by atoms with Gasteiger partial charge < -0.3 is 10.6 Å². The van der Waals surface area contributed by atoms with Gasteiger partial charge in [0.15, 0.2) is 5.65 Å². The minimum atomic E-state index is 0.434. The van der Waals surface area contributed by atoms with Gasteiger partial charge in [-0.1, -0.05) is 37.5 Å². The van der Waals surface area contributed by atoms with E-state index in [2.05, 4.69) is 80.2 Å². The third-order valence-corrected chi connectivity index (χ3v) is 7.11. The molecule has 4 aromatic rings. The smallest absolute Gasteiger partial charge is 0.151 e. The van der Waals surface area contributed by atoms with Crippen LogP contribution in [0, 0.1) is 33.6 Å². The molecule has 1 atom stereocenters. The van der Waals surface area contributed by atoms with Gasteiger partial charge in [-0.15, -0.1) is 0 Å². The van der Waals surface area contributed by atoms with E-state index in [0.717, 1.165) is 47.2 Å². The van der Waals surface area contributed by atoms with Crippen LogP contribution in [-0.2, 0) is 0 Å². The van der Waals surface area contributed by atoms with Crippen LogP contribution in [0.1, 0.15) is 62.0 Å². The molecule has 2 aromatic heterocycles. The van der Waals surface area contributed by atoms with E-state index in [0.29, 0.717) is 6.04 Å². The van der Waals surface area contributed by atoms with Crippen molar-refractivity contribution in [2.45, 2.75) is 73.3 Å². The number of fused-ring (bicyclic) bond motifs is 3. The molecule has 0 spiro atoms. The second kappa shape index (κ2) is 8.94. The number of hydrogen-bond acceptors (Lipinski definition) is 4. The summed E-state index contributed by atoms with van der Waals surface area (Å²) >= 11 is 0. The highest BCUT2D eigenvalue weighted by Crippen LogP contribution is 2.39. The van der Waals surface area contributed by atoms with Gasteiger partial charge in [-0.2, -0.15) is 0 Å². The summed E-state index contributed by atoms with van der Waals surface area (Å²) in [5.41, 5.74) is 8.31. The Labute approximate surface area is 203 Å². The fourth-order valence-electron chi connectivity index (χ4n) is 5.46. The highest BCUT2D eigenvalue weighted by atomic mass is 15.1. The van der Waals surface area contributed by atoms with E-state index in [1.54, 1.807) is 0 Å². The van der Waals surface area contributed by atoms with Crippen LogP contribution in [0.4, 0.5) is 11.5 Å². The summed E-state index contributed by atoms with van der Waals surface area (Å²) in [6.07, 6.45) is 5.05. The average Bonchev–Trinajstić information content (AvgIpc) is 3.54. The number of aryl methyl sites for hydroxylation is 4. The van der Waals surface area contributed by atoms with E-state index >= 15 is 0 Å². The molecule has 1 unspecified atom stereocenters. The molecule has 5 rings (SSSR count). The van der Waals surface area contributed by atoms with Crippen molar-refractivity contribution in [2.24, 2.45) is 5.92 Å². The van der Waals surface area contributed by atoms with Gasteiger partial charge in [0.25, 0.3) is 0 Å². The Bertz CT molecular complexity index is 1340. The first-order valence-electron chi connectivity index (χ1n) is 12.8. The molecule has 0 bridgehead atoms. The van der Waals surface area contributed by atoms with Gasteiger partial charge in [0.1, 0.15) is 11.6 Å². The number of aromatic nitrogens is 3. The van der Waals surface area contributed by atoms with Gasteiger partial charge in [-0.3, -0.25) is 4.57 Å². The number of nitrogens with one attached hydrogen (secondary N) is 2. The van der Waals surface area contributed by atoms with E-state index in [1.807, 2.05) is 6.92 Å². The van der Waals surface area contributed by atoms with Gasteiger partial charge in [0.05, 0.1) is 16.6 Å². The van der Waals surface area contributed by atoms with E-state index in [1.165, 1.54) is 52.5 Å². The Morgan fingerprint density at radius 3 is 2.38 bits per heavy atom. The predicted molar refractivity (Wildman–Crippen MR) is 145 cm³/mol. The summed E-state index contributed by atoms with van der Waals surface area (Å²) < 4.78 is 2.35. The normalized spacial score (nSPS) is 14.6. The first kappa shape index (κ1) is 22.7. The summed E-state index contributed by atoms with van der Waals surface area (Å²) in [5.74, 6) is 2.64. The van der Waals surface area contributed by atoms with Crippen LogP contribution < -0.4 is 10.6 Å². The number of benzene rings is 2. The van der Waals surface area contributed by atoms with Crippen molar-refractivity contribution < 1.29 is 0 Å². The molecule has 1 fully saturated rings. The molecular formula is C29H37N5. The quantitative estimate of drug-likeness (QED) is 0.294. The maximum atomic E-state index is 5.03. The number of rotatable bonds is 8. The van der Waals surface area contributed by atoms with E-state index in [9.17, 15) is 0 Å². The standard InChI is InChI=1S/C29H37N5/c1-7-22(15-21-9-10-21)33-28-26-24-16-23(30-8-2)11-12-25(24)34(29(26)32-20(6)31-28)27-18(4)13-17(3)14-19(27)5/h11-14,16,21-22,30H,7-10,15H2,1-6H3,(H,31,32,33). The van der Waals surface area contributed by atoms with Crippen LogP contribution in [0.2, 0.25) is 0 Å². The van der Waals surface area contributed by atoms with Crippen LogP contribution in [-0.4, -0.2) is 27.1 Å². The molecule has 0 aliphatic heterocycles. The summed E-state index contributed by atoms with van der Waals surface area (Å²) in [5, 5.41) is 9.65. The molecule has 2 N–H and O–H groups in total. The molecule has 5 nitrogen and oxygen atoms in total. The molecule has 1 aliphatic rings. The summed E-state index contributed by atoms with van der Waals surface area (Å²) in [6, 6.07) is 11.6. The van der Waals surface area contributed by atoms with Crippen LogP contribution in [0.3, 0.4) is 0 Å². The minimum Gasteiger partial charge on any atom is -0.385 e. The second-order valence-corrected chi connectivity index (χ2v) is 10.1. The van der Waals surface area contributed by atoms with E-state index in [4.69, 9.17) is 9.97 Å². The highest BCUT2D eigenvalue weighted by molar-refractivity contribution is 6.13. The van der Waals surface area contributed by atoms with Crippen molar-refractivity contribution in [3.63, 3.8) is 0 Å². The minimum absolute atomic E-state index is 0.434. The molecule has 0 radical (unpaired) electrons. The predicted octanol–water partition coefficient (Wildman–Crippen LogP) is 7.23. The molecule has 5 heteroatoms. The molecular weight excluding hydrogens is 418 g/mol. The molecule has 1 saturated carbocycles. The monoisotopic (exact) mass is 455 g/mol. The Morgan fingerprint density at radius 2 is 1.74 bits per heavy atom. The summed E-state index contributed by atoms with van der Waals surface area (Å²) in [7, 11) is 0. The lowest BCUT2D eigenvalue weighted by molar-refractivity contribution is 0.585. The summed E-state index contributed by atoms with van der Waals surface area (Å²) in [6.45, 7) is 13.9. The molecule has 1 aliphatic carbocycles. The van der Waals surface area contributed by atoms with E-state index in [-0.39, 0.29) is 0 Å². The van der Waals surface area contributed by atoms with Crippen molar-refractivity contribution >= 4 is 33.4 Å². The number of nitrogens with zero attached hydrogens (tertiary/aromatic N) is 3. The first-order valence-corrected chi connectivity index (χ1v) is 12.8. The van der Waals surface area contributed by atoms with Crippen molar-refractivity contribution in [3.8, 4) is 5.69 Å². The van der Waals surface area contributed by atoms with Crippen LogP contribution in [0.15, 0.2) is 30.3 Å². The topological polar surface area (TPSA) is 54.8 Å². The van der Waals surface area contributed by atoms with E-state index < -0.39 is 0 Å². The Morgan fingerprint density at radius 1 is 1.00 bits per heavy atom. The maximum absolute atomic E-state index is 5.03. The third kappa shape index (κ3) is 4.13. The van der Waals surface area contributed by atoms with Crippen molar-refractivity contribution in [2.75, 3.05) is 17.2 Å². The molecule has 178 valence electrons. The van der Waals surface area contributed by atoms with Crippen molar-refractivity contribution in [1.82, 2.24) is 14.5 Å². The zero-order chi connectivity index (χ0) is 24.0. The Kier molecular flexibility index (Phi) is 5.97. The highest BCUT2D eigenvalue weighted by Gasteiger charge is 2.26. The fourth-order valence-corrected chi connectivity index (χ4v) is 5.46. The lowest BCUT2D eigenvalue weighted by Gasteiger charge is -2.19. The SMILES string of the molecule is CCNc1ccc2c(c1)c1c(NC(CC)CC3CC3)nc(C)nc1n2-c1c(C)cc(C)cc1C. The zero-order valence-corrected chi connectivity index (χ0v) is 21.4. The largest absolute Gasteiger partial charge is 0.385 e. The molecule has 34 heavy (non-hydrogen) atoms. The lowest BCUT2D eigenvalue weighted by atomic mass is 10.0. The lowest BCUT2D eigenvalue weighted by Crippen LogP contribution is -2.20. The van der Waals surface area contributed by atoms with Gasteiger partial charge in [-0.05, 0) is 82.7 Å². The first-order chi connectivity index (χ1) is 16.4. The van der Waals surface area contributed by atoms with Gasteiger partial charge in [0.2, 0.25) is 0 Å². The van der Waals surface area contributed by atoms with Gasteiger partial charge >= 0.3 is 0 Å². The number of hydrogen-bond donors (Lipinski definition) is 2. The van der Waals surface area contributed by atoms with Crippen molar-refractivity contribution in [3.05, 3.63) is 52.8 Å². The van der Waals surface area contributed by atoms with Crippen molar-refractivity contribution in [1.29, 1.82) is 0 Å². The summed E-state index contributed by atoms with van der Waals surface area (Å²) in [4.78, 5) is 9.98. The maximum Gasteiger partial charge on any atom is 0.151 e. The third-order valence-electron chi connectivity index (χ3n) is 7.11.